The minimum absolute atomic E-state index is 1.07. The first-order valence-corrected chi connectivity index (χ1v) is 8.13. The molecule has 0 amide bonds. The number of hydrogen-bond acceptors (Lipinski definition) is 1. The lowest BCUT2D eigenvalue weighted by Gasteiger charge is -2.10. The molecule has 1 heteroatoms. The molecule has 112 valence electrons. The van der Waals surface area contributed by atoms with Crippen LogP contribution in [-0.4, -0.2) is 6.54 Å². The smallest absolute Gasteiger partial charge is 0.0340 e. The standard InChI is InChI=1S/C20H27N/c1-4-5-6-7-15-21-19-13-11-18(12-14-19)20-10-8-9-16(2)17(20)3/h8-14,21H,4-7,15H2,1-3H3. The molecule has 0 aromatic heterocycles. The molecule has 0 bridgehead atoms. The fourth-order valence-corrected chi connectivity index (χ4v) is 2.62. The SMILES string of the molecule is CCCCCCNc1ccc(-c2cccc(C)c2C)cc1. The summed E-state index contributed by atoms with van der Waals surface area (Å²) in [5, 5.41) is 3.51. The highest BCUT2D eigenvalue weighted by Gasteiger charge is 2.03. The van der Waals surface area contributed by atoms with Gasteiger partial charge in [-0.05, 0) is 54.7 Å². The van der Waals surface area contributed by atoms with Crippen molar-refractivity contribution in [2.75, 3.05) is 11.9 Å². The number of rotatable bonds is 7. The highest BCUT2D eigenvalue weighted by atomic mass is 14.9. The molecule has 1 nitrogen and oxygen atoms in total. The van der Waals surface area contributed by atoms with Crippen LogP contribution in [0.5, 0.6) is 0 Å². The van der Waals surface area contributed by atoms with Gasteiger partial charge in [0, 0.05) is 12.2 Å². The summed E-state index contributed by atoms with van der Waals surface area (Å²) in [6.07, 6.45) is 5.22. The van der Waals surface area contributed by atoms with Gasteiger partial charge in [-0.1, -0.05) is 56.5 Å². The van der Waals surface area contributed by atoms with Crippen LogP contribution in [0.15, 0.2) is 42.5 Å². The zero-order chi connectivity index (χ0) is 15.1. The number of anilines is 1. The van der Waals surface area contributed by atoms with Crippen LogP contribution in [0.3, 0.4) is 0 Å². The van der Waals surface area contributed by atoms with Crippen molar-refractivity contribution in [1.82, 2.24) is 0 Å². The Bertz CT molecular complexity index is 555. The first-order chi connectivity index (χ1) is 10.2. The Hall–Kier alpha value is -1.76. The molecule has 1 N–H and O–H groups in total. The third-order valence-corrected chi connectivity index (χ3v) is 4.16. The van der Waals surface area contributed by atoms with Gasteiger partial charge in [0.25, 0.3) is 0 Å². The lowest BCUT2D eigenvalue weighted by molar-refractivity contribution is 0.685. The van der Waals surface area contributed by atoms with Gasteiger partial charge in [0.1, 0.15) is 0 Å². The van der Waals surface area contributed by atoms with Gasteiger partial charge in [0.05, 0.1) is 0 Å². The minimum atomic E-state index is 1.07. The summed E-state index contributed by atoms with van der Waals surface area (Å²) in [5.74, 6) is 0. The molecule has 2 rings (SSSR count). The Morgan fingerprint density at radius 1 is 0.857 bits per heavy atom. The van der Waals surface area contributed by atoms with Crippen LogP contribution in [0, 0.1) is 13.8 Å². The van der Waals surface area contributed by atoms with E-state index in [0.29, 0.717) is 0 Å². The molecule has 0 heterocycles. The highest BCUT2D eigenvalue weighted by molar-refractivity contribution is 5.70. The van der Waals surface area contributed by atoms with Crippen molar-refractivity contribution in [3.05, 3.63) is 53.6 Å². The first-order valence-electron chi connectivity index (χ1n) is 8.13. The van der Waals surface area contributed by atoms with Gasteiger partial charge >= 0.3 is 0 Å². The maximum atomic E-state index is 3.51. The largest absolute Gasteiger partial charge is 0.385 e. The number of benzene rings is 2. The summed E-state index contributed by atoms with van der Waals surface area (Å²) < 4.78 is 0. The van der Waals surface area contributed by atoms with Crippen LogP contribution >= 0.6 is 0 Å². The van der Waals surface area contributed by atoms with Crippen molar-refractivity contribution >= 4 is 5.69 Å². The van der Waals surface area contributed by atoms with E-state index in [1.807, 2.05) is 0 Å². The Morgan fingerprint density at radius 2 is 1.62 bits per heavy atom. The summed E-state index contributed by atoms with van der Waals surface area (Å²) in [4.78, 5) is 0. The van der Waals surface area contributed by atoms with E-state index in [9.17, 15) is 0 Å². The van der Waals surface area contributed by atoms with Crippen LogP contribution in [0.2, 0.25) is 0 Å². The number of hydrogen-bond donors (Lipinski definition) is 1. The third-order valence-electron chi connectivity index (χ3n) is 4.16. The zero-order valence-corrected chi connectivity index (χ0v) is 13.6. The van der Waals surface area contributed by atoms with E-state index in [2.05, 4.69) is 68.6 Å². The summed E-state index contributed by atoms with van der Waals surface area (Å²) in [6.45, 7) is 7.69. The normalized spacial score (nSPS) is 10.6. The van der Waals surface area contributed by atoms with Gasteiger partial charge in [-0.25, -0.2) is 0 Å². The lowest BCUT2D eigenvalue weighted by atomic mass is 9.97. The van der Waals surface area contributed by atoms with E-state index in [1.165, 1.54) is 53.6 Å². The minimum Gasteiger partial charge on any atom is -0.385 e. The number of unbranched alkanes of at least 4 members (excludes halogenated alkanes) is 3. The molecule has 0 aliphatic rings. The Kier molecular flexibility index (Phi) is 5.86. The van der Waals surface area contributed by atoms with Crippen LogP contribution < -0.4 is 5.32 Å². The highest BCUT2D eigenvalue weighted by Crippen LogP contribution is 2.26. The molecule has 0 unspecified atom stereocenters. The van der Waals surface area contributed by atoms with Gasteiger partial charge in [-0.3, -0.25) is 0 Å². The van der Waals surface area contributed by atoms with Crippen LogP contribution in [0.4, 0.5) is 5.69 Å². The molecule has 0 spiro atoms. The topological polar surface area (TPSA) is 12.0 Å². The van der Waals surface area contributed by atoms with Gasteiger partial charge < -0.3 is 5.32 Å². The van der Waals surface area contributed by atoms with E-state index in [0.717, 1.165) is 6.54 Å². The third kappa shape index (κ3) is 4.35. The van der Waals surface area contributed by atoms with E-state index >= 15 is 0 Å². The van der Waals surface area contributed by atoms with Crippen molar-refractivity contribution in [3.8, 4) is 11.1 Å². The quantitative estimate of drug-likeness (QED) is 0.617. The van der Waals surface area contributed by atoms with Crippen molar-refractivity contribution in [2.45, 2.75) is 46.5 Å². The predicted molar refractivity (Wildman–Crippen MR) is 94.0 cm³/mol. The van der Waals surface area contributed by atoms with Crippen LogP contribution in [0.25, 0.3) is 11.1 Å². The summed E-state index contributed by atoms with van der Waals surface area (Å²) in [5.41, 5.74) is 6.58. The van der Waals surface area contributed by atoms with Gasteiger partial charge in [-0.15, -0.1) is 0 Å². The van der Waals surface area contributed by atoms with E-state index in [-0.39, 0.29) is 0 Å². The van der Waals surface area contributed by atoms with E-state index in [4.69, 9.17) is 0 Å². The van der Waals surface area contributed by atoms with Crippen LogP contribution in [-0.2, 0) is 0 Å². The Labute approximate surface area is 129 Å². The second-order valence-corrected chi connectivity index (χ2v) is 5.81. The van der Waals surface area contributed by atoms with Gasteiger partial charge in [0.2, 0.25) is 0 Å². The summed E-state index contributed by atoms with van der Waals surface area (Å²) in [6, 6.07) is 15.3. The number of aryl methyl sites for hydroxylation is 1. The average molecular weight is 281 g/mol. The van der Waals surface area contributed by atoms with Crippen molar-refractivity contribution in [1.29, 1.82) is 0 Å². The van der Waals surface area contributed by atoms with Gasteiger partial charge in [-0.2, -0.15) is 0 Å². The number of nitrogens with one attached hydrogen (secondary N) is 1. The molecule has 0 aliphatic carbocycles. The first kappa shape index (κ1) is 15.6. The molecule has 0 atom stereocenters. The van der Waals surface area contributed by atoms with Gasteiger partial charge in [0.15, 0.2) is 0 Å². The van der Waals surface area contributed by atoms with Crippen molar-refractivity contribution < 1.29 is 0 Å². The van der Waals surface area contributed by atoms with Crippen molar-refractivity contribution in [3.63, 3.8) is 0 Å². The molecular weight excluding hydrogens is 254 g/mol. The molecule has 0 aliphatic heterocycles. The molecule has 2 aromatic rings. The fourth-order valence-electron chi connectivity index (χ4n) is 2.62. The fraction of sp³-hybridized carbons (Fsp3) is 0.400. The zero-order valence-electron chi connectivity index (χ0n) is 13.6. The maximum Gasteiger partial charge on any atom is 0.0340 e. The Balaban J connectivity index is 1.97. The molecule has 21 heavy (non-hydrogen) atoms. The Morgan fingerprint density at radius 3 is 2.33 bits per heavy atom. The maximum absolute atomic E-state index is 3.51. The molecule has 0 radical (unpaired) electrons. The molecule has 0 fully saturated rings. The van der Waals surface area contributed by atoms with E-state index < -0.39 is 0 Å². The second-order valence-electron chi connectivity index (χ2n) is 5.81. The molecule has 0 saturated carbocycles. The van der Waals surface area contributed by atoms with Crippen LogP contribution in [0.1, 0.15) is 43.7 Å². The summed E-state index contributed by atoms with van der Waals surface area (Å²) in [7, 11) is 0. The van der Waals surface area contributed by atoms with Crippen molar-refractivity contribution in [2.24, 2.45) is 0 Å². The monoisotopic (exact) mass is 281 g/mol. The van der Waals surface area contributed by atoms with E-state index in [1.54, 1.807) is 0 Å². The predicted octanol–water partition coefficient (Wildman–Crippen LogP) is 5.96. The molecule has 2 aromatic carbocycles. The summed E-state index contributed by atoms with van der Waals surface area (Å²) >= 11 is 0. The lowest BCUT2D eigenvalue weighted by Crippen LogP contribution is -2.01. The second kappa shape index (κ2) is 7.87. The average Bonchev–Trinajstić information content (AvgIpc) is 2.51. The molecule has 0 saturated heterocycles. The molecular formula is C20H27N.